The number of carboxylic acids is 1. The van der Waals surface area contributed by atoms with Gasteiger partial charge in [-0.2, -0.15) is 0 Å². The second kappa shape index (κ2) is 14.5. The summed E-state index contributed by atoms with van der Waals surface area (Å²) in [5.41, 5.74) is 10.9. The normalized spacial score (nSPS) is 18.3. The van der Waals surface area contributed by atoms with Gasteiger partial charge >= 0.3 is 12.0 Å². The van der Waals surface area contributed by atoms with Crippen molar-refractivity contribution in [2.45, 2.75) is 76.7 Å². The number of amides is 5. The molecule has 15 heteroatoms. The van der Waals surface area contributed by atoms with Gasteiger partial charge in [0.2, 0.25) is 17.7 Å². The molecule has 0 spiro atoms. The van der Waals surface area contributed by atoms with E-state index < -0.39 is 59.9 Å². The molecule has 0 saturated carbocycles. The molecule has 15 nitrogen and oxygen atoms in total. The predicted octanol–water partition coefficient (Wildman–Crippen LogP) is -2.72. The average molecular weight is 513 g/mol. The molecule has 0 aliphatic carbocycles. The van der Waals surface area contributed by atoms with Crippen LogP contribution in [0.4, 0.5) is 4.79 Å². The molecule has 0 saturated heterocycles. The number of nitrogens with one attached hydrogen (secondary N) is 5. The summed E-state index contributed by atoms with van der Waals surface area (Å²) in [6.07, 6.45) is 0.542. The maximum atomic E-state index is 13.2. The van der Waals surface area contributed by atoms with Crippen molar-refractivity contribution in [2.75, 3.05) is 6.54 Å². The largest absolute Gasteiger partial charge is 0.480 e. The number of carbonyl (C=O) groups is 6. The lowest BCUT2D eigenvalue weighted by molar-refractivity contribution is -0.139. The van der Waals surface area contributed by atoms with Gasteiger partial charge in [-0.3, -0.25) is 19.4 Å². The number of primary amides is 1. The molecular formula is C21H36N8O7. The Morgan fingerprint density at radius 2 is 1.75 bits per heavy atom. The van der Waals surface area contributed by atoms with E-state index in [2.05, 4.69) is 31.6 Å². The number of nitrogens with zero attached hydrogens (tertiary/aromatic N) is 1. The van der Waals surface area contributed by atoms with Gasteiger partial charge in [-0.15, -0.1) is 0 Å². The third-order valence-corrected chi connectivity index (χ3v) is 5.22. The average Bonchev–Trinajstić information content (AvgIpc) is 2.78. The van der Waals surface area contributed by atoms with Gasteiger partial charge in [0.15, 0.2) is 5.96 Å². The lowest BCUT2D eigenvalue weighted by atomic mass is 10.0. The van der Waals surface area contributed by atoms with Crippen molar-refractivity contribution >= 4 is 42.0 Å². The number of aliphatic carboxylic acids is 1. The quantitative estimate of drug-likeness (QED) is 0.112. The Hall–Kier alpha value is -3.91. The third kappa shape index (κ3) is 10.6. The second-order valence-electron chi connectivity index (χ2n) is 8.92. The third-order valence-electron chi connectivity index (χ3n) is 5.22. The Kier molecular flexibility index (Phi) is 12.1. The Morgan fingerprint density at radius 1 is 1.08 bits per heavy atom. The summed E-state index contributed by atoms with van der Waals surface area (Å²) >= 11 is 0. The molecule has 0 radical (unpaired) electrons. The molecule has 0 aromatic heterocycles. The number of aldehydes is 1. The minimum atomic E-state index is -1.31. The van der Waals surface area contributed by atoms with Crippen LogP contribution in [0.3, 0.4) is 0 Å². The zero-order valence-corrected chi connectivity index (χ0v) is 20.6. The molecule has 0 fully saturated rings. The van der Waals surface area contributed by atoms with Crippen molar-refractivity contribution in [3.05, 3.63) is 0 Å². The van der Waals surface area contributed by atoms with Gasteiger partial charge in [-0.25, -0.2) is 9.59 Å². The number of hydrogen-bond acceptors (Lipinski definition) is 9. The van der Waals surface area contributed by atoms with Gasteiger partial charge < -0.3 is 48.0 Å². The van der Waals surface area contributed by atoms with Crippen LogP contribution in [0, 0.1) is 5.92 Å². The highest BCUT2D eigenvalue weighted by Gasteiger charge is 2.35. The summed E-state index contributed by atoms with van der Waals surface area (Å²) in [5.74, 6) is -3.47. The Balaban J connectivity index is 3.10. The van der Waals surface area contributed by atoms with Crippen LogP contribution in [0.2, 0.25) is 0 Å². The zero-order valence-electron chi connectivity index (χ0n) is 20.6. The van der Waals surface area contributed by atoms with Crippen molar-refractivity contribution in [3.63, 3.8) is 0 Å². The first-order valence-electron chi connectivity index (χ1n) is 11.5. The molecule has 0 aromatic rings. The minimum absolute atomic E-state index is 0.0280. The Morgan fingerprint density at radius 3 is 2.28 bits per heavy atom. The number of guanidine groups is 1. The standard InChI is InChI=1S/C21H36N8O7/c1-10(2)8-14(19(34)35)28-21(36)29-16(12-6-7-24-20(23)27-12)18(33)26-13(4-5-15(22)31)17(32)25-11(3)9-30/h9-14,16H,4-8H2,1-3H3,(H2,22,31)(H,25,32)(H,26,33)(H,34,35)(H3,23,24,27)(H2,28,29,36)/t11-,12?,13-,14-,16?/m0/s1. The SMILES string of the molecule is CC(C)C[C@H](NC(=O)NC(C(=O)N[C@@H](CCC(N)=O)C(=O)N[C@@H](C)C=O)C1CCN=C(N)N1)C(=O)O. The van der Waals surface area contributed by atoms with Gasteiger partial charge in [-0.05, 0) is 32.1 Å². The maximum absolute atomic E-state index is 13.2. The fraction of sp³-hybridized carbons (Fsp3) is 0.667. The summed E-state index contributed by atoms with van der Waals surface area (Å²) in [7, 11) is 0. The molecule has 5 amide bonds. The van der Waals surface area contributed by atoms with E-state index in [9.17, 15) is 33.9 Å². The van der Waals surface area contributed by atoms with Crippen LogP contribution in [0.15, 0.2) is 4.99 Å². The molecule has 202 valence electrons. The van der Waals surface area contributed by atoms with E-state index in [-0.39, 0.29) is 44.1 Å². The van der Waals surface area contributed by atoms with Gasteiger partial charge in [0.05, 0.1) is 12.1 Å². The van der Waals surface area contributed by atoms with E-state index in [0.29, 0.717) is 6.29 Å². The minimum Gasteiger partial charge on any atom is -0.480 e. The maximum Gasteiger partial charge on any atom is 0.326 e. The van der Waals surface area contributed by atoms with E-state index in [1.807, 2.05) is 0 Å². The summed E-state index contributed by atoms with van der Waals surface area (Å²) in [5, 5.41) is 21.8. The number of hydrogen-bond donors (Lipinski definition) is 8. The van der Waals surface area contributed by atoms with Crippen molar-refractivity contribution in [1.29, 1.82) is 0 Å². The molecule has 5 atom stereocenters. The van der Waals surface area contributed by atoms with Gasteiger partial charge in [0.25, 0.3) is 0 Å². The fourth-order valence-electron chi connectivity index (χ4n) is 3.44. The highest BCUT2D eigenvalue weighted by molar-refractivity contribution is 5.94. The fourth-order valence-corrected chi connectivity index (χ4v) is 3.44. The molecule has 1 aliphatic heterocycles. The summed E-state index contributed by atoms with van der Waals surface area (Å²) in [6, 6.07) is -6.26. The first-order chi connectivity index (χ1) is 16.8. The summed E-state index contributed by atoms with van der Waals surface area (Å²) in [6.45, 7) is 5.27. The lowest BCUT2D eigenvalue weighted by Gasteiger charge is -2.32. The van der Waals surface area contributed by atoms with Crippen molar-refractivity contribution in [3.8, 4) is 0 Å². The number of carbonyl (C=O) groups excluding carboxylic acids is 5. The van der Waals surface area contributed by atoms with E-state index in [1.165, 1.54) is 6.92 Å². The van der Waals surface area contributed by atoms with E-state index in [1.54, 1.807) is 13.8 Å². The topological polar surface area (TPSA) is 247 Å². The first kappa shape index (κ1) is 30.1. The van der Waals surface area contributed by atoms with Gasteiger partial charge in [-0.1, -0.05) is 13.8 Å². The molecule has 2 unspecified atom stereocenters. The highest BCUT2D eigenvalue weighted by atomic mass is 16.4. The summed E-state index contributed by atoms with van der Waals surface area (Å²) < 4.78 is 0. The number of nitrogens with two attached hydrogens (primary N) is 2. The number of aliphatic imine (C=N–C) groups is 1. The van der Waals surface area contributed by atoms with Crippen molar-refractivity contribution < 1.29 is 33.9 Å². The van der Waals surface area contributed by atoms with Crippen LogP contribution >= 0.6 is 0 Å². The first-order valence-corrected chi connectivity index (χ1v) is 11.5. The molecule has 10 N–H and O–H groups in total. The predicted molar refractivity (Wildman–Crippen MR) is 128 cm³/mol. The smallest absolute Gasteiger partial charge is 0.326 e. The zero-order chi connectivity index (χ0) is 27.4. The monoisotopic (exact) mass is 512 g/mol. The van der Waals surface area contributed by atoms with Crippen molar-refractivity contribution in [2.24, 2.45) is 22.4 Å². The van der Waals surface area contributed by atoms with E-state index >= 15 is 0 Å². The molecular weight excluding hydrogens is 476 g/mol. The van der Waals surface area contributed by atoms with Crippen LogP contribution < -0.4 is 38.1 Å². The Bertz CT molecular complexity index is 863. The Labute approximate surface area is 208 Å². The molecule has 36 heavy (non-hydrogen) atoms. The van der Waals surface area contributed by atoms with Crippen LogP contribution in [0.25, 0.3) is 0 Å². The number of urea groups is 1. The lowest BCUT2D eigenvalue weighted by Crippen LogP contribution is -2.64. The van der Waals surface area contributed by atoms with E-state index in [4.69, 9.17) is 11.5 Å². The van der Waals surface area contributed by atoms with Crippen LogP contribution in [-0.4, -0.2) is 83.8 Å². The molecule has 0 aromatic carbocycles. The van der Waals surface area contributed by atoms with Crippen LogP contribution in [-0.2, 0) is 24.0 Å². The number of carboxylic acid groups (broad SMARTS) is 1. The second-order valence-corrected chi connectivity index (χ2v) is 8.92. The van der Waals surface area contributed by atoms with E-state index in [0.717, 1.165) is 0 Å². The van der Waals surface area contributed by atoms with Crippen LogP contribution in [0.1, 0.15) is 46.5 Å². The van der Waals surface area contributed by atoms with Crippen LogP contribution in [0.5, 0.6) is 0 Å². The summed E-state index contributed by atoms with van der Waals surface area (Å²) in [4.78, 5) is 76.2. The number of rotatable bonds is 14. The molecule has 1 rings (SSSR count). The van der Waals surface area contributed by atoms with Crippen molar-refractivity contribution in [1.82, 2.24) is 26.6 Å². The molecule has 1 aliphatic rings. The van der Waals surface area contributed by atoms with Gasteiger partial charge in [0.1, 0.15) is 24.4 Å². The molecule has 0 bridgehead atoms. The molecule has 1 heterocycles. The van der Waals surface area contributed by atoms with Gasteiger partial charge in [0, 0.05) is 13.0 Å². The highest BCUT2D eigenvalue weighted by Crippen LogP contribution is 2.08.